The van der Waals surface area contributed by atoms with Crippen LogP contribution in [0.2, 0.25) is 0 Å². The van der Waals surface area contributed by atoms with Crippen LogP contribution in [0.4, 0.5) is 21.9 Å². The molecule has 258 valence electrons. The van der Waals surface area contributed by atoms with Gasteiger partial charge in [-0.3, -0.25) is 4.79 Å². The first-order chi connectivity index (χ1) is 22.5. The van der Waals surface area contributed by atoms with Crippen LogP contribution in [0.1, 0.15) is 88.9 Å². The molecule has 0 aliphatic carbocycles. The van der Waals surface area contributed by atoms with Crippen LogP contribution in [0.15, 0.2) is 66.7 Å². The highest BCUT2D eigenvalue weighted by Gasteiger charge is 2.18. The molecule has 0 fully saturated rings. The second-order valence-corrected chi connectivity index (χ2v) is 11.5. The number of nitrogens with zero attached hydrogens (tertiary/aromatic N) is 1. The number of carbonyl (C=O) groups excluding carboxylic acids is 3. The molecule has 3 rings (SSSR count). The molecule has 0 aliphatic rings. The van der Waals surface area contributed by atoms with Crippen LogP contribution in [0.25, 0.3) is 0 Å². The predicted molar refractivity (Wildman–Crippen MR) is 194 cm³/mol. The molecule has 0 saturated heterocycles. The van der Waals surface area contributed by atoms with Crippen LogP contribution in [0.3, 0.4) is 0 Å². The Hall–Kier alpha value is -4.37. The van der Waals surface area contributed by atoms with E-state index >= 15 is 0 Å². The number of nitrogens with one attached hydrogen (secondary N) is 2. The average molecular weight is 649 g/mol. The number of benzene rings is 3. The lowest BCUT2D eigenvalue weighted by Gasteiger charge is -2.30. The van der Waals surface area contributed by atoms with E-state index in [2.05, 4.69) is 43.2 Å². The molecule has 0 heterocycles. The van der Waals surface area contributed by atoms with E-state index in [1.165, 1.54) is 0 Å². The molecule has 0 unspecified atom stereocenters. The Morgan fingerprint density at radius 3 is 1.89 bits per heavy atom. The van der Waals surface area contributed by atoms with Crippen molar-refractivity contribution in [2.75, 3.05) is 35.4 Å². The fourth-order valence-corrected chi connectivity index (χ4v) is 4.52. The highest BCUT2D eigenvalue weighted by Crippen LogP contribution is 2.30. The number of hydrogen-bond acceptors (Lipinski definition) is 7. The lowest BCUT2D eigenvalue weighted by molar-refractivity contribution is -0.152. The SMILES string of the molecule is CC.CC.Cc1ccc(NC(=O)Nc2cc(CCC(=O)OCOC(=O)c3ccc(CN)cc3)ccc2N(CC(C)C)CC(C)C)cc1. The summed E-state index contributed by atoms with van der Waals surface area (Å²) in [7, 11) is 0. The van der Waals surface area contributed by atoms with Gasteiger partial charge in [0.15, 0.2) is 0 Å². The number of ether oxygens (including phenoxy) is 2. The first-order valence-electron chi connectivity index (χ1n) is 16.7. The van der Waals surface area contributed by atoms with Crippen molar-refractivity contribution in [2.24, 2.45) is 17.6 Å². The van der Waals surface area contributed by atoms with Crippen LogP contribution < -0.4 is 21.3 Å². The number of hydrogen-bond donors (Lipinski definition) is 3. The number of nitrogens with two attached hydrogens (primary N) is 1. The summed E-state index contributed by atoms with van der Waals surface area (Å²) < 4.78 is 10.2. The van der Waals surface area contributed by atoms with Gasteiger partial charge in [-0.15, -0.1) is 0 Å². The minimum Gasteiger partial charge on any atom is -0.428 e. The number of rotatable bonds is 14. The van der Waals surface area contributed by atoms with Crippen LogP contribution in [0.5, 0.6) is 0 Å². The fraction of sp³-hybridized carbons (Fsp3) is 0.447. The van der Waals surface area contributed by atoms with Gasteiger partial charge in [-0.05, 0) is 72.7 Å². The molecule has 0 aliphatic heterocycles. The Kier molecular flexibility index (Phi) is 19.2. The quantitative estimate of drug-likeness (QED) is 0.118. The van der Waals surface area contributed by atoms with E-state index in [0.29, 0.717) is 41.7 Å². The summed E-state index contributed by atoms with van der Waals surface area (Å²) in [6.07, 6.45) is 0.467. The van der Waals surface area contributed by atoms with E-state index in [1.807, 2.05) is 77.1 Å². The van der Waals surface area contributed by atoms with Gasteiger partial charge < -0.3 is 30.7 Å². The second-order valence-electron chi connectivity index (χ2n) is 11.5. The normalized spacial score (nSPS) is 10.2. The van der Waals surface area contributed by atoms with Crippen molar-refractivity contribution in [1.82, 2.24) is 0 Å². The monoisotopic (exact) mass is 648 g/mol. The lowest BCUT2D eigenvalue weighted by atomic mass is 10.1. The molecule has 0 atom stereocenters. The number of carbonyl (C=O) groups is 3. The third-order valence-corrected chi connectivity index (χ3v) is 6.58. The van der Waals surface area contributed by atoms with Gasteiger partial charge in [0.05, 0.1) is 16.9 Å². The van der Waals surface area contributed by atoms with E-state index in [0.717, 1.165) is 35.5 Å². The zero-order valence-corrected chi connectivity index (χ0v) is 29.8. The van der Waals surface area contributed by atoms with Gasteiger partial charge >= 0.3 is 18.0 Å². The minimum absolute atomic E-state index is 0.0821. The molecule has 0 bridgehead atoms. The van der Waals surface area contributed by atoms with Gasteiger partial charge in [0.1, 0.15) is 0 Å². The Balaban J connectivity index is 0.00000265. The highest BCUT2D eigenvalue weighted by molar-refractivity contribution is 6.02. The maximum Gasteiger partial charge on any atom is 0.340 e. The van der Waals surface area contributed by atoms with Crippen LogP contribution in [-0.2, 0) is 27.2 Å². The molecule has 9 nitrogen and oxygen atoms in total. The van der Waals surface area contributed by atoms with E-state index in [1.54, 1.807) is 24.3 Å². The van der Waals surface area contributed by atoms with E-state index in [9.17, 15) is 14.4 Å². The van der Waals surface area contributed by atoms with E-state index < -0.39 is 18.7 Å². The number of aryl methyl sites for hydroxylation is 2. The average Bonchev–Trinajstić information content (AvgIpc) is 3.06. The molecule has 0 aromatic heterocycles. The van der Waals surface area contributed by atoms with Gasteiger partial charge in [-0.1, -0.05) is 91.3 Å². The summed E-state index contributed by atoms with van der Waals surface area (Å²) in [5.74, 6) is -0.245. The van der Waals surface area contributed by atoms with Crippen molar-refractivity contribution >= 4 is 35.0 Å². The van der Waals surface area contributed by atoms with Crippen LogP contribution >= 0.6 is 0 Å². The highest BCUT2D eigenvalue weighted by atomic mass is 16.7. The molecule has 47 heavy (non-hydrogen) atoms. The molecule has 2 amide bonds. The molecule has 0 spiro atoms. The van der Waals surface area contributed by atoms with E-state index in [-0.39, 0.29) is 12.5 Å². The van der Waals surface area contributed by atoms with Gasteiger partial charge in [-0.2, -0.15) is 0 Å². The van der Waals surface area contributed by atoms with Crippen molar-refractivity contribution in [3.05, 3.63) is 89.0 Å². The molecule has 3 aromatic rings. The molecule has 9 heteroatoms. The maximum atomic E-state index is 13.0. The smallest absolute Gasteiger partial charge is 0.340 e. The molecule has 3 aromatic carbocycles. The first kappa shape index (κ1) is 40.7. The number of amides is 2. The van der Waals surface area contributed by atoms with Crippen molar-refractivity contribution < 1.29 is 23.9 Å². The lowest BCUT2D eigenvalue weighted by Crippen LogP contribution is -2.32. The summed E-state index contributed by atoms with van der Waals surface area (Å²) in [4.78, 5) is 39.9. The maximum absolute atomic E-state index is 13.0. The van der Waals surface area contributed by atoms with Gasteiger partial charge in [0.25, 0.3) is 0 Å². The first-order valence-corrected chi connectivity index (χ1v) is 16.7. The van der Waals surface area contributed by atoms with Crippen molar-refractivity contribution in [3.8, 4) is 0 Å². The third kappa shape index (κ3) is 15.2. The Labute approximate surface area is 282 Å². The Bertz CT molecular complexity index is 1350. The van der Waals surface area contributed by atoms with Crippen molar-refractivity contribution in [3.63, 3.8) is 0 Å². The van der Waals surface area contributed by atoms with Crippen molar-refractivity contribution in [1.29, 1.82) is 0 Å². The standard InChI is InChI=1S/C34H44N4O5.2C2H6/c1-23(2)20-38(21-24(3)4)31-16-10-26(18-30(31)37-34(41)36-29-14-6-25(5)7-15-29)11-17-32(39)42-22-43-33(40)28-12-8-27(19-35)9-13-28;2*1-2/h6-10,12-16,18,23-24H,11,17,19-22,35H2,1-5H3,(H2,36,37,41);2*1-2H3. The molecule has 0 saturated carbocycles. The predicted octanol–water partition coefficient (Wildman–Crippen LogP) is 8.56. The molecule has 0 radical (unpaired) electrons. The van der Waals surface area contributed by atoms with Crippen LogP contribution in [0, 0.1) is 18.8 Å². The number of anilines is 3. The summed E-state index contributed by atoms with van der Waals surface area (Å²) in [5.41, 5.74) is 11.1. The van der Waals surface area contributed by atoms with Crippen molar-refractivity contribution in [2.45, 2.75) is 81.7 Å². The molecule has 4 N–H and O–H groups in total. The number of esters is 2. The zero-order valence-electron chi connectivity index (χ0n) is 29.8. The largest absolute Gasteiger partial charge is 0.428 e. The van der Waals surface area contributed by atoms with Gasteiger partial charge in [0, 0.05) is 31.7 Å². The third-order valence-electron chi connectivity index (χ3n) is 6.58. The summed E-state index contributed by atoms with van der Waals surface area (Å²) in [5, 5.41) is 5.92. The number of urea groups is 1. The Morgan fingerprint density at radius 2 is 1.34 bits per heavy atom. The fourth-order valence-electron chi connectivity index (χ4n) is 4.52. The van der Waals surface area contributed by atoms with Gasteiger partial charge in [0.2, 0.25) is 6.79 Å². The van der Waals surface area contributed by atoms with E-state index in [4.69, 9.17) is 15.2 Å². The van der Waals surface area contributed by atoms with Crippen LogP contribution in [-0.4, -0.2) is 37.9 Å². The van der Waals surface area contributed by atoms with Gasteiger partial charge in [-0.25, -0.2) is 9.59 Å². The summed E-state index contributed by atoms with van der Waals surface area (Å²) in [6, 6.07) is 19.8. The summed E-state index contributed by atoms with van der Waals surface area (Å²) in [6.45, 7) is 20.2. The topological polar surface area (TPSA) is 123 Å². The second kappa shape index (κ2) is 22.2. The molecular weight excluding hydrogens is 592 g/mol. The summed E-state index contributed by atoms with van der Waals surface area (Å²) >= 11 is 0. The zero-order chi connectivity index (χ0) is 35.4. The Morgan fingerprint density at radius 1 is 0.766 bits per heavy atom. The molecular formula is C38H56N4O5. The minimum atomic E-state index is -0.584.